The number of methoxy groups -OCH3 is 1. The van der Waals surface area contributed by atoms with Crippen LogP contribution in [0.5, 0.6) is 5.75 Å². The number of carbonyl (C=O) groups is 1. The minimum atomic E-state index is -0.202. The predicted molar refractivity (Wildman–Crippen MR) is 114 cm³/mol. The Kier molecular flexibility index (Phi) is 5.39. The third kappa shape index (κ3) is 3.78. The highest BCUT2D eigenvalue weighted by Crippen LogP contribution is 2.40. The van der Waals surface area contributed by atoms with Gasteiger partial charge >= 0.3 is 6.03 Å². The summed E-state index contributed by atoms with van der Waals surface area (Å²) >= 11 is 1.86. The summed E-state index contributed by atoms with van der Waals surface area (Å²) in [6.07, 6.45) is 8.84. The Hall–Kier alpha value is -2.73. The van der Waals surface area contributed by atoms with Gasteiger partial charge in [0.15, 0.2) is 0 Å². The molecule has 1 atom stereocenters. The Morgan fingerprint density at radius 2 is 1.86 bits per heavy atom. The molecular formula is C22H25N3O2S. The quantitative estimate of drug-likeness (QED) is 0.615. The second-order valence-corrected chi connectivity index (χ2v) is 8.15. The summed E-state index contributed by atoms with van der Waals surface area (Å²) < 4.78 is 7.32. The normalized spacial score (nSPS) is 14.2. The lowest BCUT2D eigenvalue weighted by Crippen LogP contribution is -2.32. The summed E-state index contributed by atoms with van der Waals surface area (Å²) in [5, 5.41) is 7.25. The molecule has 0 fully saturated rings. The zero-order chi connectivity index (χ0) is 19.5. The maximum Gasteiger partial charge on any atom is 0.319 e. The van der Waals surface area contributed by atoms with Crippen molar-refractivity contribution in [1.29, 1.82) is 0 Å². The second kappa shape index (κ2) is 8.10. The van der Waals surface area contributed by atoms with Crippen molar-refractivity contribution >= 4 is 23.1 Å². The number of rotatable bonds is 5. The van der Waals surface area contributed by atoms with Crippen LogP contribution in [-0.4, -0.2) is 17.7 Å². The van der Waals surface area contributed by atoms with Crippen molar-refractivity contribution in [3.8, 4) is 10.8 Å². The van der Waals surface area contributed by atoms with Crippen molar-refractivity contribution in [2.24, 2.45) is 0 Å². The molecule has 0 bridgehead atoms. The first-order valence-electron chi connectivity index (χ1n) is 9.65. The third-order valence-electron chi connectivity index (χ3n) is 5.16. The van der Waals surface area contributed by atoms with Gasteiger partial charge in [0.2, 0.25) is 0 Å². The molecule has 1 aliphatic rings. The molecule has 0 radical (unpaired) electrons. The fourth-order valence-electron chi connectivity index (χ4n) is 3.79. The van der Waals surface area contributed by atoms with E-state index in [1.807, 2.05) is 47.7 Å². The molecule has 0 spiro atoms. The van der Waals surface area contributed by atoms with E-state index in [1.54, 1.807) is 7.11 Å². The van der Waals surface area contributed by atoms with E-state index in [2.05, 4.69) is 34.5 Å². The van der Waals surface area contributed by atoms with E-state index in [4.69, 9.17) is 4.74 Å². The van der Waals surface area contributed by atoms with Crippen LogP contribution in [0.2, 0.25) is 0 Å². The number of aryl methyl sites for hydroxylation is 1. The average Bonchev–Trinajstić information content (AvgIpc) is 3.36. The zero-order valence-electron chi connectivity index (χ0n) is 16.2. The molecule has 0 saturated carbocycles. The maximum absolute atomic E-state index is 12.6. The first-order valence-corrected chi connectivity index (χ1v) is 10.5. The Bertz CT molecular complexity index is 945. The molecule has 2 heterocycles. The zero-order valence-corrected chi connectivity index (χ0v) is 17.0. The number of thiophene rings is 1. The highest BCUT2D eigenvalue weighted by atomic mass is 32.1. The molecule has 146 valence electrons. The van der Waals surface area contributed by atoms with Crippen LogP contribution in [-0.2, 0) is 12.8 Å². The van der Waals surface area contributed by atoms with E-state index in [-0.39, 0.29) is 12.1 Å². The standard InChI is InChI=1S/C22H25N3O2S/c1-15(23-22(26)24-16-9-11-17(27-2)12-10-16)20-18-7-3-4-8-19(18)28-21(20)25-13-5-6-14-25/h5-6,9-15H,3-4,7-8H2,1-2H3,(H2,23,24,26)/t15-/m1/s1. The molecule has 1 aromatic carbocycles. The van der Waals surface area contributed by atoms with Gasteiger partial charge < -0.3 is 19.9 Å². The van der Waals surface area contributed by atoms with Crippen LogP contribution < -0.4 is 15.4 Å². The highest BCUT2D eigenvalue weighted by Gasteiger charge is 2.25. The monoisotopic (exact) mass is 395 g/mol. The molecule has 5 nitrogen and oxygen atoms in total. The molecule has 0 aliphatic heterocycles. The lowest BCUT2D eigenvalue weighted by Gasteiger charge is -2.20. The van der Waals surface area contributed by atoms with Gasteiger partial charge in [-0.3, -0.25) is 0 Å². The summed E-state index contributed by atoms with van der Waals surface area (Å²) in [7, 11) is 1.63. The van der Waals surface area contributed by atoms with Crippen molar-refractivity contribution in [3.63, 3.8) is 0 Å². The number of hydrogen-bond acceptors (Lipinski definition) is 3. The average molecular weight is 396 g/mol. The summed E-state index contributed by atoms with van der Waals surface area (Å²) in [5.41, 5.74) is 3.42. The van der Waals surface area contributed by atoms with E-state index in [1.165, 1.54) is 33.8 Å². The first kappa shape index (κ1) is 18.6. The summed E-state index contributed by atoms with van der Waals surface area (Å²) in [6.45, 7) is 2.07. The lowest BCUT2D eigenvalue weighted by molar-refractivity contribution is 0.249. The number of anilines is 1. The molecule has 4 rings (SSSR count). The van der Waals surface area contributed by atoms with Crippen LogP contribution >= 0.6 is 11.3 Å². The van der Waals surface area contributed by atoms with E-state index >= 15 is 0 Å². The summed E-state index contributed by atoms with van der Waals surface area (Å²) in [5.74, 6) is 0.764. The Morgan fingerprint density at radius 3 is 2.57 bits per heavy atom. The number of amides is 2. The Labute approximate surface area is 169 Å². The van der Waals surface area contributed by atoms with Crippen LogP contribution in [0.3, 0.4) is 0 Å². The molecule has 6 heteroatoms. The number of ether oxygens (including phenoxy) is 1. The molecule has 28 heavy (non-hydrogen) atoms. The van der Waals surface area contributed by atoms with Gasteiger partial charge in [-0.05, 0) is 74.6 Å². The number of carbonyl (C=O) groups excluding carboxylic acids is 1. The van der Waals surface area contributed by atoms with Crippen molar-refractivity contribution in [2.45, 2.75) is 38.6 Å². The van der Waals surface area contributed by atoms with E-state index in [9.17, 15) is 4.79 Å². The van der Waals surface area contributed by atoms with Crippen LogP contribution in [0, 0.1) is 0 Å². The van der Waals surface area contributed by atoms with Crippen LogP contribution in [0.4, 0.5) is 10.5 Å². The number of fused-ring (bicyclic) bond motifs is 1. The minimum Gasteiger partial charge on any atom is -0.497 e. The van der Waals surface area contributed by atoms with Crippen LogP contribution in [0.15, 0.2) is 48.8 Å². The smallest absolute Gasteiger partial charge is 0.319 e. The molecular weight excluding hydrogens is 370 g/mol. The van der Waals surface area contributed by atoms with Crippen LogP contribution in [0.25, 0.3) is 5.00 Å². The molecule has 2 N–H and O–H groups in total. The molecule has 2 aromatic heterocycles. The van der Waals surface area contributed by atoms with Gasteiger partial charge in [-0.25, -0.2) is 4.79 Å². The Morgan fingerprint density at radius 1 is 1.14 bits per heavy atom. The summed E-state index contributed by atoms with van der Waals surface area (Å²) in [6, 6.07) is 11.1. The fourth-order valence-corrected chi connectivity index (χ4v) is 5.25. The molecule has 0 unspecified atom stereocenters. The predicted octanol–water partition coefficient (Wildman–Crippen LogP) is 5.31. The molecule has 3 aromatic rings. The number of hydrogen-bond donors (Lipinski definition) is 2. The fraction of sp³-hybridized carbons (Fsp3) is 0.318. The topological polar surface area (TPSA) is 55.3 Å². The second-order valence-electron chi connectivity index (χ2n) is 7.07. The largest absolute Gasteiger partial charge is 0.497 e. The van der Waals surface area contributed by atoms with Gasteiger partial charge in [-0.2, -0.15) is 0 Å². The van der Waals surface area contributed by atoms with Crippen LogP contribution in [0.1, 0.15) is 41.8 Å². The van der Waals surface area contributed by atoms with Gasteiger partial charge in [0.1, 0.15) is 10.8 Å². The molecule has 0 saturated heterocycles. The lowest BCUT2D eigenvalue weighted by atomic mass is 9.93. The molecule has 2 amide bonds. The number of nitrogens with one attached hydrogen (secondary N) is 2. The maximum atomic E-state index is 12.6. The van der Waals surface area contributed by atoms with E-state index in [0.29, 0.717) is 0 Å². The van der Waals surface area contributed by atoms with Gasteiger partial charge in [0.25, 0.3) is 0 Å². The third-order valence-corrected chi connectivity index (χ3v) is 6.48. The number of benzene rings is 1. The van der Waals surface area contributed by atoms with Crippen molar-refractivity contribution < 1.29 is 9.53 Å². The molecule has 1 aliphatic carbocycles. The van der Waals surface area contributed by atoms with Crippen molar-refractivity contribution in [3.05, 3.63) is 64.8 Å². The van der Waals surface area contributed by atoms with Crippen molar-refractivity contribution in [1.82, 2.24) is 9.88 Å². The van der Waals surface area contributed by atoms with Gasteiger partial charge in [0.05, 0.1) is 13.2 Å². The van der Waals surface area contributed by atoms with E-state index < -0.39 is 0 Å². The number of aromatic nitrogens is 1. The SMILES string of the molecule is COc1ccc(NC(=O)N[C@H](C)c2c(-n3cccc3)sc3c2CCCC3)cc1. The van der Waals surface area contributed by atoms with Gasteiger partial charge in [-0.15, -0.1) is 11.3 Å². The Balaban J connectivity index is 1.54. The number of nitrogens with zero attached hydrogens (tertiary/aromatic N) is 1. The van der Waals surface area contributed by atoms with E-state index in [0.717, 1.165) is 24.3 Å². The minimum absolute atomic E-state index is 0.0752. The summed E-state index contributed by atoms with van der Waals surface area (Å²) in [4.78, 5) is 14.0. The van der Waals surface area contributed by atoms with Gasteiger partial charge in [0, 0.05) is 28.5 Å². The van der Waals surface area contributed by atoms with Crippen molar-refractivity contribution in [2.75, 3.05) is 12.4 Å². The van der Waals surface area contributed by atoms with Gasteiger partial charge in [-0.1, -0.05) is 0 Å². The number of urea groups is 1. The highest BCUT2D eigenvalue weighted by molar-refractivity contribution is 7.15. The first-order chi connectivity index (χ1) is 13.7.